The van der Waals surface area contributed by atoms with Gasteiger partial charge < -0.3 is 40.3 Å². The van der Waals surface area contributed by atoms with Crippen molar-refractivity contribution in [2.24, 2.45) is 0 Å². The van der Waals surface area contributed by atoms with Gasteiger partial charge in [0.1, 0.15) is 24.4 Å². The average molecular weight is 1010 g/mol. The van der Waals surface area contributed by atoms with Gasteiger partial charge in [-0.25, -0.2) is 0 Å². The van der Waals surface area contributed by atoms with Crippen molar-refractivity contribution in [3.63, 3.8) is 0 Å². The molecule has 422 valence electrons. The first kappa shape index (κ1) is 67.9. The first-order chi connectivity index (χ1) is 34.8. The molecule has 1 aliphatic heterocycles. The third kappa shape index (κ3) is 41.8. The molecule has 0 aromatic carbocycles. The topological polar surface area (TPSA) is 149 Å². The molecule has 7 atom stereocenters. The summed E-state index contributed by atoms with van der Waals surface area (Å²) in [6.07, 6.45) is 58.7. The highest BCUT2D eigenvalue weighted by Gasteiger charge is 2.44. The monoisotopic (exact) mass is 1010 g/mol. The molecule has 71 heavy (non-hydrogen) atoms. The molecule has 6 N–H and O–H groups in total. The van der Waals surface area contributed by atoms with Gasteiger partial charge in [0.25, 0.3) is 0 Å². The Morgan fingerprint density at radius 3 is 1.10 bits per heavy atom. The second-order valence-corrected chi connectivity index (χ2v) is 22.2. The van der Waals surface area contributed by atoms with Crippen LogP contribution in [0.3, 0.4) is 0 Å². The number of amides is 1. The van der Waals surface area contributed by atoms with Crippen molar-refractivity contribution in [1.82, 2.24) is 5.32 Å². The Morgan fingerprint density at radius 1 is 0.465 bits per heavy atom. The molecule has 1 heterocycles. The fourth-order valence-corrected chi connectivity index (χ4v) is 10.4. The maximum Gasteiger partial charge on any atom is 0.220 e. The van der Waals surface area contributed by atoms with Crippen LogP contribution in [-0.4, -0.2) is 87.5 Å². The Kier molecular flexibility index (Phi) is 50.1. The Bertz CT molecular complexity index is 1120. The van der Waals surface area contributed by atoms with E-state index in [1.54, 1.807) is 6.08 Å². The van der Waals surface area contributed by atoms with E-state index in [1.165, 1.54) is 263 Å². The molecule has 9 nitrogen and oxygen atoms in total. The molecule has 0 bridgehead atoms. The fraction of sp³-hybridized carbons (Fsp3) is 0.952. The van der Waals surface area contributed by atoms with E-state index < -0.39 is 49.5 Å². The van der Waals surface area contributed by atoms with Crippen LogP contribution in [0.2, 0.25) is 0 Å². The number of aliphatic hydroxyl groups excluding tert-OH is 5. The minimum absolute atomic E-state index is 0.169. The van der Waals surface area contributed by atoms with Crippen molar-refractivity contribution in [2.45, 2.75) is 365 Å². The summed E-state index contributed by atoms with van der Waals surface area (Å²) in [6, 6.07) is -0.801. The van der Waals surface area contributed by atoms with Crippen LogP contribution in [0.1, 0.15) is 322 Å². The van der Waals surface area contributed by atoms with Crippen molar-refractivity contribution in [1.29, 1.82) is 0 Å². The highest BCUT2D eigenvalue weighted by Crippen LogP contribution is 2.23. The molecule has 0 saturated carbocycles. The third-order valence-electron chi connectivity index (χ3n) is 15.4. The molecule has 9 heteroatoms. The normalized spacial score (nSPS) is 19.2. The Hall–Kier alpha value is -1.07. The highest BCUT2D eigenvalue weighted by atomic mass is 16.7. The van der Waals surface area contributed by atoms with Crippen LogP contribution in [0.25, 0.3) is 0 Å². The van der Waals surface area contributed by atoms with E-state index in [4.69, 9.17) is 9.47 Å². The van der Waals surface area contributed by atoms with Crippen LogP contribution in [-0.2, 0) is 14.3 Å². The lowest BCUT2D eigenvalue weighted by Crippen LogP contribution is -2.60. The number of carbonyl (C=O) groups is 1. The third-order valence-corrected chi connectivity index (χ3v) is 15.4. The summed E-state index contributed by atoms with van der Waals surface area (Å²) in [7, 11) is 0. The lowest BCUT2D eigenvalue weighted by atomic mass is 9.99. The lowest BCUT2D eigenvalue weighted by Gasteiger charge is -2.40. The van der Waals surface area contributed by atoms with Gasteiger partial charge >= 0.3 is 0 Å². The van der Waals surface area contributed by atoms with Crippen LogP contribution in [0.15, 0.2) is 12.2 Å². The van der Waals surface area contributed by atoms with E-state index >= 15 is 0 Å². The minimum Gasteiger partial charge on any atom is -0.394 e. The molecule has 1 saturated heterocycles. The summed E-state index contributed by atoms with van der Waals surface area (Å²) < 4.78 is 11.3. The van der Waals surface area contributed by atoms with Crippen molar-refractivity contribution >= 4 is 5.91 Å². The van der Waals surface area contributed by atoms with Crippen molar-refractivity contribution in [3.8, 4) is 0 Å². The quantitative estimate of drug-likeness (QED) is 0.0261. The zero-order valence-electron chi connectivity index (χ0n) is 47.0. The van der Waals surface area contributed by atoms with Crippen LogP contribution >= 0.6 is 0 Å². The molecular weight excluding hydrogens is 887 g/mol. The van der Waals surface area contributed by atoms with Gasteiger partial charge in [0.05, 0.1) is 25.4 Å². The fourth-order valence-electron chi connectivity index (χ4n) is 10.4. The maximum atomic E-state index is 13.1. The molecule has 1 aliphatic rings. The van der Waals surface area contributed by atoms with Gasteiger partial charge in [0, 0.05) is 6.42 Å². The van der Waals surface area contributed by atoms with Crippen molar-refractivity contribution in [2.75, 3.05) is 13.2 Å². The molecule has 1 rings (SSSR count). The van der Waals surface area contributed by atoms with Crippen LogP contribution in [0.4, 0.5) is 0 Å². The summed E-state index contributed by atoms with van der Waals surface area (Å²) in [4.78, 5) is 13.1. The molecule has 0 aliphatic carbocycles. The van der Waals surface area contributed by atoms with Crippen LogP contribution in [0.5, 0.6) is 0 Å². The second-order valence-electron chi connectivity index (χ2n) is 22.2. The van der Waals surface area contributed by atoms with E-state index in [9.17, 15) is 30.3 Å². The number of unbranched alkanes of at least 4 members (excludes halogenated alkanes) is 45. The predicted octanol–water partition coefficient (Wildman–Crippen LogP) is 16.0. The van der Waals surface area contributed by atoms with E-state index in [1.807, 2.05) is 6.08 Å². The van der Waals surface area contributed by atoms with E-state index in [0.717, 1.165) is 38.5 Å². The number of hydrogen-bond acceptors (Lipinski definition) is 8. The van der Waals surface area contributed by atoms with Crippen LogP contribution in [0, 0.1) is 0 Å². The van der Waals surface area contributed by atoms with E-state index in [-0.39, 0.29) is 12.5 Å². The van der Waals surface area contributed by atoms with E-state index in [0.29, 0.717) is 6.42 Å². The van der Waals surface area contributed by atoms with E-state index in [2.05, 4.69) is 19.2 Å². The van der Waals surface area contributed by atoms with Crippen LogP contribution < -0.4 is 5.32 Å². The standard InChI is InChI=1S/C62H121NO8/c1-3-5-7-9-11-13-15-17-19-21-23-24-25-26-27-28-29-30-31-32-33-34-36-38-40-42-44-46-48-50-52-58(66)63-55(54-70-62-61(69)60(68)59(67)57(53-64)71-62)56(65)51-49-47-45-43-41-39-37-35-22-20-18-16-14-12-10-8-6-4-2/h49,51,55-57,59-62,64-65,67-69H,3-48,50,52-54H2,1-2H3,(H,63,66)/b51-49+. The summed E-state index contributed by atoms with van der Waals surface area (Å²) in [5, 5.41) is 54.6. The average Bonchev–Trinajstić information content (AvgIpc) is 3.37. The smallest absolute Gasteiger partial charge is 0.220 e. The number of ether oxygens (including phenoxy) is 2. The number of allylic oxidation sites excluding steroid dienone is 1. The molecular formula is C62H121NO8. The van der Waals surface area contributed by atoms with Gasteiger partial charge in [-0.15, -0.1) is 0 Å². The van der Waals surface area contributed by atoms with Gasteiger partial charge in [-0.05, 0) is 19.3 Å². The Balaban J connectivity index is 2.13. The number of aliphatic hydroxyl groups is 5. The summed E-state index contributed by atoms with van der Waals surface area (Å²) in [5.41, 5.74) is 0. The number of nitrogens with one attached hydrogen (secondary N) is 1. The molecule has 1 amide bonds. The summed E-state index contributed by atoms with van der Waals surface area (Å²) in [6.45, 7) is 3.83. The SMILES string of the molecule is CCCCCCCCCCCCCCCCCC/C=C/C(O)C(COC1OC(CO)C(O)C(O)C1O)NC(=O)CCCCCCCCCCCCCCCCCCCCCCCCCCCCCCCC. The van der Waals surface area contributed by atoms with Crippen molar-refractivity contribution < 1.29 is 39.8 Å². The zero-order valence-corrected chi connectivity index (χ0v) is 47.0. The highest BCUT2D eigenvalue weighted by molar-refractivity contribution is 5.76. The molecule has 7 unspecified atom stereocenters. The Labute approximate surface area is 439 Å². The molecule has 0 aromatic rings. The van der Waals surface area contributed by atoms with Gasteiger partial charge in [-0.1, -0.05) is 309 Å². The van der Waals surface area contributed by atoms with Crippen molar-refractivity contribution in [3.05, 3.63) is 12.2 Å². The van der Waals surface area contributed by atoms with Gasteiger partial charge in [-0.2, -0.15) is 0 Å². The molecule has 1 fully saturated rings. The summed E-state index contributed by atoms with van der Waals surface area (Å²) >= 11 is 0. The Morgan fingerprint density at radius 2 is 0.775 bits per heavy atom. The van der Waals surface area contributed by atoms with Gasteiger partial charge in [0.15, 0.2) is 6.29 Å². The first-order valence-electron chi connectivity index (χ1n) is 31.4. The largest absolute Gasteiger partial charge is 0.394 e. The lowest BCUT2D eigenvalue weighted by molar-refractivity contribution is -0.302. The number of rotatable bonds is 55. The van der Waals surface area contributed by atoms with Gasteiger partial charge in [-0.3, -0.25) is 4.79 Å². The molecule has 0 aromatic heterocycles. The van der Waals surface area contributed by atoms with Gasteiger partial charge in [0.2, 0.25) is 5.91 Å². The maximum absolute atomic E-state index is 13.1. The number of hydrogen-bond donors (Lipinski definition) is 6. The zero-order chi connectivity index (χ0) is 51.5. The number of carbonyl (C=O) groups excluding carboxylic acids is 1. The minimum atomic E-state index is -1.56. The summed E-state index contributed by atoms with van der Waals surface area (Å²) in [5.74, 6) is -0.169. The molecule has 0 spiro atoms. The second kappa shape index (κ2) is 52.4. The first-order valence-corrected chi connectivity index (χ1v) is 31.4. The molecule has 0 radical (unpaired) electrons. The predicted molar refractivity (Wildman–Crippen MR) is 300 cm³/mol.